The van der Waals surface area contributed by atoms with Crippen LogP contribution in [0.15, 0.2) is 47.5 Å². The van der Waals surface area contributed by atoms with Crippen LogP contribution >= 0.6 is 0 Å². The van der Waals surface area contributed by atoms with Crippen LogP contribution in [0.4, 0.5) is 0 Å². The summed E-state index contributed by atoms with van der Waals surface area (Å²) >= 11 is 0. The number of rotatable bonds is 5. The van der Waals surface area contributed by atoms with Crippen LogP contribution in [0.2, 0.25) is 0 Å². The Hall–Kier alpha value is -2.96. The lowest BCUT2D eigenvalue weighted by atomic mass is 10.3. The van der Waals surface area contributed by atoms with E-state index in [1.54, 1.807) is 6.20 Å². The molecule has 0 saturated carbocycles. The van der Waals surface area contributed by atoms with E-state index in [1.807, 2.05) is 24.4 Å². The molecule has 2 N–H and O–H groups in total. The minimum Gasteiger partial charge on any atom is -0.351 e. The van der Waals surface area contributed by atoms with Crippen molar-refractivity contribution < 1.29 is 4.79 Å². The van der Waals surface area contributed by atoms with Gasteiger partial charge >= 0.3 is 0 Å². The second kappa shape index (κ2) is 6.21. The number of fused-ring (bicyclic) bond motifs is 1. The molecule has 0 aliphatic rings. The van der Waals surface area contributed by atoms with Gasteiger partial charge in [0, 0.05) is 36.9 Å². The molecule has 0 bridgehead atoms. The number of amides is 1. The van der Waals surface area contributed by atoms with E-state index >= 15 is 0 Å². The van der Waals surface area contributed by atoms with E-state index < -0.39 is 0 Å². The second-order valence-corrected chi connectivity index (χ2v) is 4.84. The summed E-state index contributed by atoms with van der Waals surface area (Å²) in [4.78, 5) is 27.0. The number of hydrogen-bond acceptors (Lipinski definition) is 4. The number of aryl methyl sites for hydroxylation is 1. The van der Waals surface area contributed by atoms with Crippen molar-refractivity contribution in [1.29, 1.82) is 0 Å². The van der Waals surface area contributed by atoms with E-state index in [-0.39, 0.29) is 17.2 Å². The van der Waals surface area contributed by atoms with Crippen molar-refractivity contribution in [3.63, 3.8) is 0 Å². The van der Waals surface area contributed by atoms with Crippen LogP contribution in [0.3, 0.4) is 0 Å². The maximum atomic E-state index is 11.8. The zero-order valence-electron chi connectivity index (χ0n) is 11.8. The first-order chi connectivity index (χ1) is 10.7. The highest BCUT2D eigenvalue weighted by molar-refractivity contribution is 5.91. The Kier molecular flexibility index (Phi) is 3.95. The Morgan fingerprint density at radius 2 is 2.18 bits per heavy atom. The zero-order valence-corrected chi connectivity index (χ0v) is 11.8. The average Bonchev–Trinajstić information content (AvgIpc) is 2.95. The molecule has 3 aromatic heterocycles. The number of aromatic nitrogens is 4. The molecule has 7 nitrogen and oxygen atoms in total. The number of pyridine rings is 1. The fourth-order valence-corrected chi connectivity index (χ4v) is 2.21. The van der Waals surface area contributed by atoms with Gasteiger partial charge in [-0.1, -0.05) is 0 Å². The van der Waals surface area contributed by atoms with Gasteiger partial charge in [0.2, 0.25) is 0 Å². The Morgan fingerprint density at radius 3 is 3.00 bits per heavy atom. The number of carbonyl (C=O) groups is 1. The van der Waals surface area contributed by atoms with E-state index in [0.717, 1.165) is 24.0 Å². The highest BCUT2D eigenvalue weighted by Crippen LogP contribution is 2.12. The highest BCUT2D eigenvalue weighted by atomic mass is 16.2. The molecule has 0 unspecified atom stereocenters. The molecule has 0 atom stereocenters. The molecule has 3 heterocycles. The maximum Gasteiger partial charge on any atom is 0.271 e. The zero-order chi connectivity index (χ0) is 15.4. The molecule has 3 aromatic rings. The maximum absolute atomic E-state index is 11.8. The summed E-state index contributed by atoms with van der Waals surface area (Å²) in [7, 11) is 0. The molecule has 0 aliphatic carbocycles. The first-order valence-corrected chi connectivity index (χ1v) is 6.98. The van der Waals surface area contributed by atoms with Gasteiger partial charge in [-0.05, 0) is 30.7 Å². The van der Waals surface area contributed by atoms with Crippen LogP contribution in [-0.2, 0) is 6.54 Å². The van der Waals surface area contributed by atoms with Crippen molar-refractivity contribution in [3.8, 4) is 0 Å². The van der Waals surface area contributed by atoms with E-state index in [2.05, 4.69) is 25.1 Å². The number of aromatic amines is 1. The summed E-state index contributed by atoms with van der Waals surface area (Å²) in [6.45, 7) is 1.28. The molecule has 112 valence electrons. The van der Waals surface area contributed by atoms with Gasteiger partial charge < -0.3 is 9.88 Å². The molecule has 0 spiro atoms. The molecule has 0 aromatic carbocycles. The van der Waals surface area contributed by atoms with E-state index in [1.165, 1.54) is 12.1 Å². The lowest BCUT2D eigenvalue weighted by Crippen LogP contribution is -2.27. The summed E-state index contributed by atoms with van der Waals surface area (Å²) in [6, 6.07) is 8.62. The van der Waals surface area contributed by atoms with Gasteiger partial charge in [-0.25, -0.2) is 10.1 Å². The van der Waals surface area contributed by atoms with E-state index in [9.17, 15) is 9.59 Å². The van der Waals surface area contributed by atoms with Gasteiger partial charge in [-0.3, -0.25) is 9.59 Å². The Labute approximate surface area is 126 Å². The van der Waals surface area contributed by atoms with Crippen molar-refractivity contribution in [3.05, 3.63) is 58.8 Å². The third-order valence-corrected chi connectivity index (χ3v) is 3.30. The van der Waals surface area contributed by atoms with Crippen LogP contribution in [0.5, 0.6) is 0 Å². The number of nitrogens with one attached hydrogen (secondary N) is 2. The quantitative estimate of drug-likeness (QED) is 0.685. The average molecular weight is 297 g/mol. The predicted molar refractivity (Wildman–Crippen MR) is 81.5 cm³/mol. The lowest BCUT2D eigenvalue weighted by molar-refractivity contribution is 0.0946. The molecule has 1 amide bonds. The van der Waals surface area contributed by atoms with Crippen molar-refractivity contribution in [2.75, 3.05) is 6.54 Å². The molecule has 0 saturated heterocycles. The third kappa shape index (κ3) is 3.03. The van der Waals surface area contributed by atoms with Crippen molar-refractivity contribution >= 4 is 16.9 Å². The predicted octanol–water partition coefficient (Wildman–Crippen LogP) is 0.940. The normalized spacial score (nSPS) is 10.7. The molecular weight excluding hydrogens is 282 g/mol. The van der Waals surface area contributed by atoms with Gasteiger partial charge in [0.05, 0.1) is 0 Å². The minimum absolute atomic E-state index is 0.202. The second-order valence-electron chi connectivity index (χ2n) is 4.84. The van der Waals surface area contributed by atoms with Crippen LogP contribution in [-0.4, -0.2) is 32.2 Å². The van der Waals surface area contributed by atoms with Gasteiger partial charge in [-0.15, -0.1) is 0 Å². The molecule has 0 fully saturated rings. The van der Waals surface area contributed by atoms with E-state index in [0.29, 0.717) is 6.54 Å². The molecule has 22 heavy (non-hydrogen) atoms. The number of hydrogen-bond donors (Lipinski definition) is 2. The van der Waals surface area contributed by atoms with Gasteiger partial charge in [0.1, 0.15) is 11.3 Å². The van der Waals surface area contributed by atoms with Crippen LogP contribution in [0, 0.1) is 0 Å². The summed E-state index contributed by atoms with van der Waals surface area (Å²) < 4.78 is 2.06. The van der Waals surface area contributed by atoms with Crippen molar-refractivity contribution in [1.82, 2.24) is 25.1 Å². The van der Waals surface area contributed by atoms with Crippen LogP contribution < -0.4 is 10.9 Å². The summed E-state index contributed by atoms with van der Waals surface area (Å²) in [6.07, 6.45) is 4.53. The molecular formula is C15H15N5O2. The van der Waals surface area contributed by atoms with Gasteiger partial charge in [0.15, 0.2) is 0 Å². The number of carbonyl (C=O) groups excluding carboxylic acids is 1. The smallest absolute Gasteiger partial charge is 0.271 e. The fourth-order valence-electron chi connectivity index (χ4n) is 2.21. The summed E-state index contributed by atoms with van der Waals surface area (Å²) in [5, 5.41) is 9.79. The van der Waals surface area contributed by atoms with E-state index in [4.69, 9.17) is 0 Å². The molecule has 7 heteroatoms. The third-order valence-electron chi connectivity index (χ3n) is 3.30. The molecule has 3 rings (SSSR count). The standard InChI is InChI=1S/C15H15N5O2/c21-13-5-4-12(18-19-13)15(22)17-8-2-9-20-10-6-11-3-1-7-16-14(11)20/h1,3-7,10H,2,8-9H2,(H,17,22)(H,19,21). The van der Waals surface area contributed by atoms with Gasteiger partial charge in [-0.2, -0.15) is 5.10 Å². The molecule has 0 radical (unpaired) electrons. The molecule has 0 aliphatic heterocycles. The van der Waals surface area contributed by atoms with Crippen LogP contribution in [0.25, 0.3) is 11.0 Å². The Morgan fingerprint density at radius 1 is 1.27 bits per heavy atom. The highest BCUT2D eigenvalue weighted by Gasteiger charge is 2.06. The Balaban J connectivity index is 1.52. The monoisotopic (exact) mass is 297 g/mol. The number of nitrogens with zero attached hydrogens (tertiary/aromatic N) is 3. The van der Waals surface area contributed by atoms with Crippen molar-refractivity contribution in [2.24, 2.45) is 0 Å². The van der Waals surface area contributed by atoms with Crippen molar-refractivity contribution in [2.45, 2.75) is 13.0 Å². The first-order valence-electron chi connectivity index (χ1n) is 6.98. The van der Waals surface area contributed by atoms with Crippen LogP contribution in [0.1, 0.15) is 16.9 Å². The fraction of sp³-hybridized carbons (Fsp3) is 0.200. The lowest BCUT2D eigenvalue weighted by Gasteiger charge is -2.06. The van der Waals surface area contributed by atoms with Gasteiger partial charge in [0.25, 0.3) is 11.5 Å². The summed E-state index contributed by atoms with van der Waals surface area (Å²) in [5.41, 5.74) is 0.812. The largest absolute Gasteiger partial charge is 0.351 e. The topological polar surface area (TPSA) is 92.7 Å². The number of H-pyrrole nitrogens is 1. The Bertz CT molecular complexity index is 832. The summed E-state index contributed by atoms with van der Waals surface area (Å²) in [5.74, 6) is -0.299. The first kappa shape index (κ1) is 14.0. The minimum atomic E-state index is -0.330. The SMILES string of the molecule is O=C(NCCCn1ccc2cccnc21)c1ccc(=O)[nH]n1.